The SMILES string of the molecule is O=C(O)C=Cc1ccccc1-c1c(O)cccc1C=Cc1ccccc1. The highest BCUT2D eigenvalue weighted by atomic mass is 16.4. The number of hydrogen-bond acceptors (Lipinski definition) is 2. The molecule has 0 bridgehead atoms. The molecule has 0 amide bonds. The molecule has 0 heterocycles. The van der Waals surface area contributed by atoms with Gasteiger partial charge in [0.1, 0.15) is 5.75 Å². The molecule has 3 rings (SSSR count). The van der Waals surface area contributed by atoms with Crippen LogP contribution in [0.25, 0.3) is 29.4 Å². The predicted octanol–water partition coefficient (Wildman–Crippen LogP) is 5.33. The van der Waals surface area contributed by atoms with Gasteiger partial charge in [0.05, 0.1) is 0 Å². The number of carboxylic acid groups (broad SMARTS) is 1. The molecule has 0 unspecified atom stereocenters. The van der Waals surface area contributed by atoms with Gasteiger partial charge in [-0.05, 0) is 34.4 Å². The van der Waals surface area contributed by atoms with Crippen molar-refractivity contribution in [2.75, 3.05) is 0 Å². The summed E-state index contributed by atoms with van der Waals surface area (Å²) in [7, 11) is 0. The molecule has 26 heavy (non-hydrogen) atoms. The van der Waals surface area contributed by atoms with E-state index in [1.54, 1.807) is 12.1 Å². The number of phenolic OH excluding ortho intramolecular Hbond substituents is 1. The van der Waals surface area contributed by atoms with Crippen LogP contribution in [0, 0.1) is 0 Å². The van der Waals surface area contributed by atoms with Crippen molar-refractivity contribution in [3.8, 4) is 16.9 Å². The molecule has 0 saturated heterocycles. The van der Waals surface area contributed by atoms with Gasteiger partial charge >= 0.3 is 5.97 Å². The Balaban J connectivity index is 2.09. The van der Waals surface area contributed by atoms with Crippen LogP contribution in [0.4, 0.5) is 0 Å². The van der Waals surface area contributed by atoms with Crippen LogP contribution in [0.2, 0.25) is 0 Å². The summed E-state index contributed by atoms with van der Waals surface area (Å²) in [6.45, 7) is 0. The van der Waals surface area contributed by atoms with Crippen LogP contribution in [0.5, 0.6) is 5.75 Å². The Bertz CT molecular complexity index is 970. The second-order valence-corrected chi connectivity index (χ2v) is 5.74. The van der Waals surface area contributed by atoms with Crippen LogP contribution in [0.15, 0.2) is 78.9 Å². The molecular formula is C23H18O3. The zero-order valence-electron chi connectivity index (χ0n) is 14.0. The molecule has 0 spiro atoms. The van der Waals surface area contributed by atoms with Crippen LogP contribution >= 0.6 is 0 Å². The topological polar surface area (TPSA) is 57.5 Å². The summed E-state index contributed by atoms with van der Waals surface area (Å²) in [6.07, 6.45) is 6.56. The Morgan fingerprint density at radius 3 is 2.19 bits per heavy atom. The van der Waals surface area contributed by atoms with Crippen molar-refractivity contribution < 1.29 is 15.0 Å². The zero-order chi connectivity index (χ0) is 18.4. The lowest BCUT2D eigenvalue weighted by molar-refractivity contribution is -0.131. The molecule has 0 aliphatic rings. The van der Waals surface area contributed by atoms with E-state index >= 15 is 0 Å². The van der Waals surface area contributed by atoms with Crippen LogP contribution in [0.1, 0.15) is 16.7 Å². The highest BCUT2D eigenvalue weighted by molar-refractivity contribution is 5.91. The number of aliphatic carboxylic acids is 1. The smallest absolute Gasteiger partial charge is 0.328 e. The first-order chi connectivity index (χ1) is 12.6. The highest BCUT2D eigenvalue weighted by Gasteiger charge is 2.11. The third kappa shape index (κ3) is 4.08. The van der Waals surface area contributed by atoms with Crippen LogP contribution < -0.4 is 0 Å². The summed E-state index contributed by atoms with van der Waals surface area (Å²) < 4.78 is 0. The molecule has 3 aromatic rings. The minimum absolute atomic E-state index is 0.149. The molecular weight excluding hydrogens is 324 g/mol. The maximum absolute atomic E-state index is 10.9. The molecule has 0 aromatic heterocycles. The summed E-state index contributed by atoms with van der Waals surface area (Å²) >= 11 is 0. The summed E-state index contributed by atoms with van der Waals surface area (Å²) in [5, 5.41) is 19.4. The van der Waals surface area contributed by atoms with E-state index in [2.05, 4.69) is 0 Å². The normalized spacial score (nSPS) is 11.2. The third-order valence-electron chi connectivity index (χ3n) is 3.97. The highest BCUT2D eigenvalue weighted by Crippen LogP contribution is 2.36. The summed E-state index contributed by atoms with van der Waals surface area (Å²) in [4.78, 5) is 10.9. The first-order valence-corrected chi connectivity index (χ1v) is 8.20. The quantitative estimate of drug-likeness (QED) is 0.487. The van der Waals surface area contributed by atoms with Gasteiger partial charge in [-0.1, -0.05) is 78.9 Å². The maximum atomic E-state index is 10.9. The zero-order valence-corrected chi connectivity index (χ0v) is 14.0. The summed E-state index contributed by atoms with van der Waals surface area (Å²) in [6, 6.07) is 22.6. The molecule has 2 N–H and O–H groups in total. The van der Waals surface area contributed by atoms with Gasteiger partial charge in [0.15, 0.2) is 0 Å². The largest absolute Gasteiger partial charge is 0.507 e. The van der Waals surface area contributed by atoms with Gasteiger partial charge < -0.3 is 10.2 Å². The molecule has 128 valence electrons. The lowest BCUT2D eigenvalue weighted by Gasteiger charge is -2.12. The maximum Gasteiger partial charge on any atom is 0.328 e. The fraction of sp³-hybridized carbons (Fsp3) is 0. The van der Waals surface area contributed by atoms with E-state index in [4.69, 9.17) is 5.11 Å². The fourth-order valence-corrected chi connectivity index (χ4v) is 2.77. The van der Waals surface area contributed by atoms with Crippen molar-refractivity contribution in [1.29, 1.82) is 0 Å². The summed E-state index contributed by atoms with van der Waals surface area (Å²) in [5.41, 5.74) is 4.08. The minimum atomic E-state index is -1.01. The van der Waals surface area contributed by atoms with Gasteiger partial charge in [-0.2, -0.15) is 0 Å². The van der Waals surface area contributed by atoms with E-state index in [1.165, 1.54) is 6.08 Å². The number of carboxylic acids is 1. The van der Waals surface area contributed by atoms with Gasteiger partial charge in [0.25, 0.3) is 0 Å². The van der Waals surface area contributed by atoms with E-state index < -0.39 is 5.97 Å². The predicted molar refractivity (Wildman–Crippen MR) is 106 cm³/mol. The van der Waals surface area contributed by atoms with E-state index in [1.807, 2.05) is 72.8 Å². The number of benzene rings is 3. The van der Waals surface area contributed by atoms with Crippen LogP contribution in [-0.4, -0.2) is 16.2 Å². The van der Waals surface area contributed by atoms with E-state index in [0.29, 0.717) is 5.56 Å². The first-order valence-electron chi connectivity index (χ1n) is 8.20. The number of rotatable bonds is 5. The lowest BCUT2D eigenvalue weighted by atomic mass is 9.93. The summed E-state index contributed by atoms with van der Waals surface area (Å²) in [5.74, 6) is -0.863. The van der Waals surface area contributed by atoms with Crippen molar-refractivity contribution in [2.45, 2.75) is 0 Å². The molecule has 0 radical (unpaired) electrons. The molecule has 0 aliphatic heterocycles. The average Bonchev–Trinajstić information content (AvgIpc) is 2.66. The number of hydrogen-bond donors (Lipinski definition) is 2. The van der Waals surface area contributed by atoms with Gasteiger partial charge in [0, 0.05) is 11.6 Å². The molecule has 0 atom stereocenters. The van der Waals surface area contributed by atoms with Crippen LogP contribution in [0.3, 0.4) is 0 Å². The number of carbonyl (C=O) groups is 1. The molecule has 3 nitrogen and oxygen atoms in total. The molecule has 0 fully saturated rings. The Morgan fingerprint density at radius 1 is 0.731 bits per heavy atom. The van der Waals surface area contributed by atoms with Crippen molar-refractivity contribution in [3.63, 3.8) is 0 Å². The Labute approximate surface area is 152 Å². The average molecular weight is 342 g/mol. The number of phenols is 1. The van der Waals surface area contributed by atoms with Crippen molar-refractivity contribution in [1.82, 2.24) is 0 Å². The van der Waals surface area contributed by atoms with Crippen molar-refractivity contribution in [2.24, 2.45) is 0 Å². The van der Waals surface area contributed by atoms with E-state index in [9.17, 15) is 9.90 Å². The van der Waals surface area contributed by atoms with Gasteiger partial charge in [0.2, 0.25) is 0 Å². The van der Waals surface area contributed by atoms with E-state index in [0.717, 1.165) is 28.3 Å². The fourth-order valence-electron chi connectivity index (χ4n) is 2.77. The number of aromatic hydroxyl groups is 1. The van der Waals surface area contributed by atoms with Gasteiger partial charge in [-0.3, -0.25) is 0 Å². The Hall–Kier alpha value is -3.59. The molecule has 0 aliphatic carbocycles. The Morgan fingerprint density at radius 2 is 1.42 bits per heavy atom. The Kier molecular flexibility index (Phi) is 5.30. The second-order valence-electron chi connectivity index (χ2n) is 5.74. The van der Waals surface area contributed by atoms with Crippen LogP contribution in [-0.2, 0) is 4.79 Å². The van der Waals surface area contributed by atoms with Crippen molar-refractivity contribution in [3.05, 3.63) is 95.6 Å². The van der Waals surface area contributed by atoms with E-state index in [-0.39, 0.29) is 5.75 Å². The molecule has 3 aromatic carbocycles. The second kappa shape index (κ2) is 7.99. The van der Waals surface area contributed by atoms with Crippen molar-refractivity contribution >= 4 is 24.2 Å². The monoisotopic (exact) mass is 342 g/mol. The minimum Gasteiger partial charge on any atom is -0.507 e. The molecule has 0 saturated carbocycles. The standard InChI is InChI=1S/C23H18O3/c24-21-12-6-10-19(14-13-17-7-2-1-3-8-17)23(21)20-11-5-4-9-18(20)15-16-22(25)26/h1-16,24H,(H,25,26). The lowest BCUT2D eigenvalue weighted by Crippen LogP contribution is -1.90. The van der Waals surface area contributed by atoms with Gasteiger partial charge in [-0.25, -0.2) is 4.79 Å². The first kappa shape index (κ1) is 17.2. The third-order valence-corrected chi connectivity index (χ3v) is 3.97. The molecule has 3 heteroatoms. The van der Waals surface area contributed by atoms with Gasteiger partial charge in [-0.15, -0.1) is 0 Å².